The molecule has 0 fully saturated rings. The topological polar surface area (TPSA) is 91.2 Å². The number of nitrogens with one attached hydrogen (secondary N) is 2. The van der Waals surface area contributed by atoms with Crippen molar-refractivity contribution in [3.63, 3.8) is 0 Å². The number of amides is 1. The molecule has 0 spiro atoms. The van der Waals surface area contributed by atoms with Gasteiger partial charge in [-0.3, -0.25) is 14.5 Å². The number of rotatable bonds is 6. The zero-order chi connectivity index (χ0) is 20.4. The van der Waals surface area contributed by atoms with Crippen LogP contribution in [0.25, 0.3) is 21.5 Å². The van der Waals surface area contributed by atoms with Crippen molar-refractivity contribution in [2.75, 3.05) is 18.9 Å². The molecule has 0 saturated carbocycles. The summed E-state index contributed by atoms with van der Waals surface area (Å²) in [5, 5.41) is 4.96. The number of anilines is 1. The number of H-pyrrole nitrogens is 1. The van der Waals surface area contributed by atoms with Gasteiger partial charge in [0.2, 0.25) is 5.91 Å². The number of carbonyl (C=O) groups excluding carboxylic acids is 1. The standard InChI is InChI=1S/C20H17FN4O3S/c1-25(10-17(26)22-13-5-2-4-12(21)8-13)9-16-23-19(27)18-14(11-29-20(18)24-16)15-6-3-7-28-15/h2-8,11H,9-10H2,1H3,(H,22,26)(H,23,24,27). The lowest BCUT2D eigenvalue weighted by Crippen LogP contribution is -2.31. The van der Waals surface area contributed by atoms with Gasteiger partial charge in [0.05, 0.1) is 24.7 Å². The summed E-state index contributed by atoms with van der Waals surface area (Å²) in [5.41, 5.74) is 0.841. The van der Waals surface area contributed by atoms with E-state index >= 15 is 0 Å². The predicted molar refractivity (Wildman–Crippen MR) is 109 cm³/mol. The van der Waals surface area contributed by atoms with Gasteiger partial charge in [0.25, 0.3) is 5.56 Å². The first-order chi connectivity index (χ1) is 14.0. The van der Waals surface area contributed by atoms with Gasteiger partial charge in [-0.05, 0) is 37.4 Å². The van der Waals surface area contributed by atoms with Crippen LogP contribution in [0, 0.1) is 5.82 Å². The molecule has 29 heavy (non-hydrogen) atoms. The van der Waals surface area contributed by atoms with Crippen LogP contribution in [0.15, 0.2) is 57.3 Å². The molecule has 7 nitrogen and oxygen atoms in total. The van der Waals surface area contributed by atoms with E-state index in [2.05, 4.69) is 15.3 Å². The van der Waals surface area contributed by atoms with Crippen LogP contribution in [0.1, 0.15) is 5.82 Å². The normalized spacial score (nSPS) is 11.3. The molecule has 4 rings (SSSR count). The highest BCUT2D eigenvalue weighted by Crippen LogP contribution is 2.30. The molecule has 0 unspecified atom stereocenters. The number of carbonyl (C=O) groups is 1. The molecule has 1 aromatic carbocycles. The third kappa shape index (κ3) is 4.25. The van der Waals surface area contributed by atoms with E-state index in [0.29, 0.717) is 33.1 Å². The summed E-state index contributed by atoms with van der Waals surface area (Å²) >= 11 is 1.36. The molecule has 9 heteroatoms. The van der Waals surface area contributed by atoms with Crippen LogP contribution in [0.2, 0.25) is 0 Å². The summed E-state index contributed by atoms with van der Waals surface area (Å²) < 4.78 is 18.6. The van der Waals surface area contributed by atoms with Gasteiger partial charge in [-0.25, -0.2) is 9.37 Å². The number of furan rings is 1. The van der Waals surface area contributed by atoms with Gasteiger partial charge in [-0.15, -0.1) is 11.3 Å². The van der Waals surface area contributed by atoms with Gasteiger partial charge < -0.3 is 14.7 Å². The lowest BCUT2D eigenvalue weighted by Gasteiger charge is -2.15. The Morgan fingerprint density at radius 1 is 1.34 bits per heavy atom. The van der Waals surface area contributed by atoms with Gasteiger partial charge in [0.1, 0.15) is 22.2 Å². The van der Waals surface area contributed by atoms with Crippen LogP contribution in [0.5, 0.6) is 0 Å². The van der Waals surface area contributed by atoms with E-state index in [1.165, 1.54) is 29.5 Å². The quantitative estimate of drug-likeness (QED) is 0.506. The highest BCUT2D eigenvalue weighted by Gasteiger charge is 2.16. The number of aromatic nitrogens is 2. The van der Waals surface area contributed by atoms with Crippen LogP contribution in [0.3, 0.4) is 0 Å². The van der Waals surface area contributed by atoms with Gasteiger partial charge in [-0.1, -0.05) is 6.07 Å². The number of hydrogen-bond acceptors (Lipinski definition) is 6. The van der Waals surface area contributed by atoms with Crippen molar-refractivity contribution in [1.82, 2.24) is 14.9 Å². The lowest BCUT2D eigenvalue weighted by atomic mass is 10.2. The van der Waals surface area contributed by atoms with Crippen molar-refractivity contribution in [3.8, 4) is 11.3 Å². The van der Waals surface area contributed by atoms with Crippen LogP contribution in [-0.4, -0.2) is 34.4 Å². The Kier molecular flexibility index (Phi) is 5.24. The highest BCUT2D eigenvalue weighted by atomic mass is 32.1. The van der Waals surface area contributed by atoms with Gasteiger partial charge in [-0.2, -0.15) is 0 Å². The molecule has 3 aromatic heterocycles. The molecule has 1 amide bonds. The predicted octanol–water partition coefficient (Wildman–Crippen LogP) is 3.45. The molecular formula is C20H17FN4O3S. The molecule has 0 aliphatic carbocycles. The van der Waals surface area contributed by atoms with E-state index in [0.717, 1.165) is 0 Å². The Balaban J connectivity index is 1.46. The number of nitrogens with zero attached hydrogens (tertiary/aromatic N) is 2. The molecule has 3 heterocycles. The minimum Gasteiger partial charge on any atom is -0.464 e. The van der Waals surface area contributed by atoms with E-state index < -0.39 is 5.82 Å². The van der Waals surface area contributed by atoms with Crippen LogP contribution in [-0.2, 0) is 11.3 Å². The summed E-state index contributed by atoms with van der Waals surface area (Å²) in [6.45, 7) is 0.329. The summed E-state index contributed by atoms with van der Waals surface area (Å²) in [6.07, 6.45) is 1.55. The zero-order valence-corrected chi connectivity index (χ0v) is 16.3. The smallest absolute Gasteiger partial charge is 0.260 e. The Morgan fingerprint density at radius 2 is 2.21 bits per heavy atom. The summed E-state index contributed by atoms with van der Waals surface area (Å²) in [7, 11) is 1.73. The summed E-state index contributed by atoms with van der Waals surface area (Å²) in [4.78, 5) is 34.3. The molecule has 2 N–H and O–H groups in total. The number of fused-ring (bicyclic) bond motifs is 1. The molecule has 0 aliphatic rings. The van der Waals surface area contributed by atoms with Crippen LogP contribution in [0.4, 0.5) is 10.1 Å². The molecule has 0 atom stereocenters. The molecule has 0 bridgehead atoms. The zero-order valence-electron chi connectivity index (χ0n) is 15.4. The van der Waals surface area contributed by atoms with Gasteiger partial charge >= 0.3 is 0 Å². The Labute approximate surface area is 168 Å². The van der Waals surface area contributed by atoms with E-state index in [9.17, 15) is 14.0 Å². The van der Waals surface area contributed by atoms with Crippen molar-refractivity contribution >= 4 is 33.1 Å². The first kappa shape index (κ1) is 19.0. The van der Waals surface area contributed by atoms with E-state index in [-0.39, 0.29) is 24.6 Å². The van der Waals surface area contributed by atoms with E-state index in [1.807, 2.05) is 5.38 Å². The number of thiophene rings is 1. The van der Waals surface area contributed by atoms with Crippen molar-refractivity contribution in [2.45, 2.75) is 6.54 Å². The largest absolute Gasteiger partial charge is 0.464 e. The average Bonchev–Trinajstić information content (AvgIpc) is 3.30. The van der Waals surface area contributed by atoms with E-state index in [1.54, 1.807) is 36.4 Å². The van der Waals surface area contributed by atoms with Crippen LogP contribution < -0.4 is 10.9 Å². The molecular weight excluding hydrogens is 395 g/mol. The number of benzene rings is 1. The van der Waals surface area contributed by atoms with Crippen LogP contribution >= 0.6 is 11.3 Å². The third-order valence-electron chi connectivity index (χ3n) is 4.22. The highest BCUT2D eigenvalue weighted by molar-refractivity contribution is 7.17. The second-order valence-corrected chi connectivity index (χ2v) is 7.41. The number of aromatic amines is 1. The minimum atomic E-state index is -0.420. The number of hydrogen-bond donors (Lipinski definition) is 2. The van der Waals surface area contributed by atoms with Crippen molar-refractivity contribution < 1.29 is 13.6 Å². The van der Waals surface area contributed by atoms with E-state index in [4.69, 9.17) is 4.42 Å². The van der Waals surface area contributed by atoms with Crippen molar-refractivity contribution in [2.24, 2.45) is 0 Å². The molecule has 4 aromatic rings. The second kappa shape index (κ2) is 7.98. The fraction of sp³-hybridized carbons (Fsp3) is 0.150. The van der Waals surface area contributed by atoms with Crippen molar-refractivity contribution in [3.05, 3.63) is 70.0 Å². The number of likely N-dealkylation sites (N-methyl/N-ethyl adjacent to an activating group) is 1. The lowest BCUT2D eigenvalue weighted by molar-refractivity contribution is -0.117. The molecule has 0 saturated heterocycles. The average molecular weight is 412 g/mol. The minimum absolute atomic E-state index is 0.0559. The Bertz CT molecular complexity index is 1220. The maximum Gasteiger partial charge on any atom is 0.260 e. The monoisotopic (exact) mass is 412 g/mol. The third-order valence-corrected chi connectivity index (χ3v) is 5.09. The molecule has 148 valence electrons. The van der Waals surface area contributed by atoms with Gasteiger partial charge in [0.15, 0.2) is 0 Å². The fourth-order valence-corrected chi connectivity index (χ4v) is 3.95. The maximum atomic E-state index is 13.2. The fourth-order valence-electron chi connectivity index (χ4n) is 3.01. The first-order valence-electron chi connectivity index (χ1n) is 8.78. The summed E-state index contributed by atoms with van der Waals surface area (Å²) in [5.74, 6) is 0.354. The van der Waals surface area contributed by atoms with Gasteiger partial charge in [0, 0.05) is 16.6 Å². The second-order valence-electron chi connectivity index (χ2n) is 6.55. The first-order valence-corrected chi connectivity index (χ1v) is 9.66. The molecule has 0 aliphatic heterocycles. The Hall–Kier alpha value is -3.30. The maximum absolute atomic E-state index is 13.2. The Morgan fingerprint density at radius 3 is 2.97 bits per heavy atom. The summed E-state index contributed by atoms with van der Waals surface area (Å²) in [6, 6.07) is 9.25. The SMILES string of the molecule is CN(CC(=O)Nc1cccc(F)c1)Cc1nc2scc(-c3ccco3)c2c(=O)[nH]1. The van der Waals surface area contributed by atoms with Crippen molar-refractivity contribution in [1.29, 1.82) is 0 Å². The molecule has 0 radical (unpaired) electrons. The number of halogens is 1.